The van der Waals surface area contributed by atoms with E-state index in [0.717, 1.165) is 27.7 Å². The van der Waals surface area contributed by atoms with Crippen LogP contribution in [0.1, 0.15) is 38.2 Å². The van der Waals surface area contributed by atoms with Crippen molar-refractivity contribution < 1.29 is 17.9 Å². The number of H-pyrrole nitrogens is 1. The number of aromatic nitrogens is 1. The van der Waals surface area contributed by atoms with Crippen molar-refractivity contribution in [2.75, 3.05) is 19.8 Å². The molecule has 2 heterocycles. The number of benzene rings is 2. The Bertz CT molecular complexity index is 1330. The summed E-state index contributed by atoms with van der Waals surface area (Å²) in [7, 11) is -3.66. The quantitative estimate of drug-likeness (QED) is 0.554. The zero-order valence-corrected chi connectivity index (χ0v) is 21.1. The van der Waals surface area contributed by atoms with E-state index in [2.05, 4.69) is 34.8 Å². The van der Waals surface area contributed by atoms with Crippen LogP contribution in [0.25, 0.3) is 22.2 Å². The van der Waals surface area contributed by atoms with Crippen LogP contribution in [0.2, 0.25) is 0 Å². The van der Waals surface area contributed by atoms with Crippen molar-refractivity contribution in [2.45, 2.75) is 56.5 Å². The normalized spacial score (nSPS) is 23.5. The molecule has 35 heavy (non-hydrogen) atoms. The van der Waals surface area contributed by atoms with Gasteiger partial charge in [0.15, 0.2) is 0 Å². The Hall–Kier alpha value is -2.68. The Morgan fingerprint density at radius 3 is 2.60 bits per heavy atom. The van der Waals surface area contributed by atoms with Crippen molar-refractivity contribution in [3.63, 3.8) is 0 Å². The fourth-order valence-corrected chi connectivity index (χ4v) is 6.66. The third-order valence-corrected chi connectivity index (χ3v) is 8.91. The minimum absolute atomic E-state index is 0.0357. The second-order valence-corrected chi connectivity index (χ2v) is 11.6. The smallest absolute Gasteiger partial charge is 0.240 e. The zero-order valence-electron chi connectivity index (χ0n) is 20.3. The molecule has 5 rings (SSSR count). The number of rotatable bonds is 5. The van der Waals surface area contributed by atoms with Crippen LogP contribution in [0.5, 0.6) is 0 Å². The highest BCUT2D eigenvalue weighted by molar-refractivity contribution is 7.89. The fourth-order valence-electron chi connectivity index (χ4n) is 5.33. The number of nitrogens with zero attached hydrogens (tertiary/aromatic N) is 1. The molecule has 1 saturated heterocycles. The molecular formula is C27H33N3O4S. The van der Waals surface area contributed by atoms with Crippen molar-refractivity contribution in [2.24, 2.45) is 5.92 Å². The Labute approximate surface area is 206 Å². The highest BCUT2D eigenvalue weighted by Crippen LogP contribution is 2.30. The number of hydrogen-bond acceptors (Lipinski definition) is 4. The molecule has 2 N–H and O–H groups in total. The van der Waals surface area contributed by atoms with Gasteiger partial charge in [0.1, 0.15) is 0 Å². The van der Waals surface area contributed by atoms with Crippen LogP contribution in [0.15, 0.2) is 53.4 Å². The Balaban J connectivity index is 1.25. The Morgan fingerprint density at radius 1 is 1.09 bits per heavy atom. The maximum Gasteiger partial charge on any atom is 0.240 e. The molecule has 0 bridgehead atoms. The molecule has 1 amide bonds. The van der Waals surface area contributed by atoms with E-state index in [-0.39, 0.29) is 28.8 Å². The number of aromatic amines is 1. The van der Waals surface area contributed by atoms with Gasteiger partial charge in [-0.3, -0.25) is 4.79 Å². The van der Waals surface area contributed by atoms with Crippen molar-refractivity contribution in [3.8, 4) is 11.3 Å². The number of amides is 1. The molecule has 0 unspecified atom stereocenters. The monoisotopic (exact) mass is 495 g/mol. The predicted octanol–water partition coefficient (Wildman–Crippen LogP) is 4.23. The molecule has 186 valence electrons. The molecule has 1 aromatic heterocycles. The first-order valence-corrected chi connectivity index (χ1v) is 13.9. The van der Waals surface area contributed by atoms with Gasteiger partial charge in [-0.25, -0.2) is 13.1 Å². The summed E-state index contributed by atoms with van der Waals surface area (Å²) in [6.45, 7) is 5.88. The lowest BCUT2D eigenvalue weighted by atomic mass is 9.85. The summed E-state index contributed by atoms with van der Waals surface area (Å²) in [6, 6.07) is 15.3. The third kappa shape index (κ3) is 5.01. The highest BCUT2D eigenvalue weighted by Gasteiger charge is 2.34. The summed E-state index contributed by atoms with van der Waals surface area (Å²) < 4.78 is 34.7. The molecule has 1 saturated carbocycles. The van der Waals surface area contributed by atoms with Gasteiger partial charge >= 0.3 is 0 Å². The summed E-state index contributed by atoms with van der Waals surface area (Å²) in [5.74, 6) is 0.148. The van der Waals surface area contributed by atoms with Crippen molar-refractivity contribution in [1.29, 1.82) is 0 Å². The van der Waals surface area contributed by atoms with Crippen molar-refractivity contribution >= 4 is 26.8 Å². The fraction of sp³-hybridized carbons (Fsp3) is 0.444. The highest BCUT2D eigenvalue weighted by atomic mass is 32.2. The lowest BCUT2D eigenvalue weighted by Crippen LogP contribution is -2.50. The van der Waals surface area contributed by atoms with E-state index >= 15 is 0 Å². The first kappa shape index (κ1) is 24.0. The zero-order chi connectivity index (χ0) is 24.6. The van der Waals surface area contributed by atoms with E-state index in [0.29, 0.717) is 45.4 Å². The van der Waals surface area contributed by atoms with Crippen LogP contribution >= 0.6 is 0 Å². The summed E-state index contributed by atoms with van der Waals surface area (Å²) in [5, 5.41) is 0.971. The summed E-state index contributed by atoms with van der Waals surface area (Å²) in [5.41, 5.74) is 4.02. The number of fused-ring (bicyclic) bond motifs is 1. The maximum atomic E-state index is 13.2. The van der Waals surface area contributed by atoms with Gasteiger partial charge in [-0.05, 0) is 63.3 Å². The van der Waals surface area contributed by atoms with E-state index < -0.39 is 10.0 Å². The molecule has 2 fully saturated rings. The van der Waals surface area contributed by atoms with E-state index in [1.165, 1.54) is 0 Å². The minimum atomic E-state index is -3.66. The molecule has 1 atom stereocenters. The Morgan fingerprint density at radius 2 is 1.86 bits per heavy atom. The van der Waals surface area contributed by atoms with Crippen LogP contribution in [-0.2, 0) is 19.6 Å². The number of hydrogen-bond donors (Lipinski definition) is 2. The molecule has 0 radical (unpaired) electrons. The van der Waals surface area contributed by atoms with Crippen LogP contribution in [0.4, 0.5) is 0 Å². The van der Waals surface area contributed by atoms with Gasteiger partial charge in [0, 0.05) is 40.7 Å². The number of ether oxygens (including phenoxy) is 1. The second kappa shape index (κ2) is 9.76. The largest absolute Gasteiger partial charge is 0.377 e. The summed E-state index contributed by atoms with van der Waals surface area (Å²) in [6.07, 6.45) is 2.73. The Kier molecular flexibility index (Phi) is 6.70. The van der Waals surface area contributed by atoms with Gasteiger partial charge in [0.25, 0.3) is 0 Å². The number of aryl methyl sites for hydroxylation is 1. The average molecular weight is 496 g/mol. The number of nitrogens with one attached hydrogen (secondary N) is 2. The average Bonchev–Trinajstić information content (AvgIpc) is 3.28. The SMILES string of the molecule is Cc1ccccc1-c1cc2ccc(S(=O)(=O)NC3CCC(C(=O)N4CCOC[C@@H]4C)CC3)cc2[nH]1. The molecular weight excluding hydrogens is 462 g/mol. The molecule has 8 heteroatoms. The van der Waals surface area contributed by atoms with Crippen molar-refractivity contribution in [3.05, 3.63) is 54.1 Å². The van der Waals surface area contributed by atoms with Crippen LogP contribution in [0, 0.1) is 12.8 Å². The van der Waals surface area contributed by atoms with E-state index in [1.54, 1.807) is 12.1 Å². The second-order valence-electron chi connectivity index (χ2n) is 9.87. The van der Waals surface area contributed by atoms with Gasteiger partial charge in [-0.1, -0.05) is 30.3 Å². The van der Waals surface area contributed by atoms with Gasteiger partial charge in [0.2, 0.25) is 15.9 Å². The lowest BCUT2D eigenvalue weighted by Gasteiger charge is -2.37. The molecule has 7 nitrogen and oxygen atoms in total. The maximum absolute atomic E-state index is 13.2. The van der Waals surface area contributed by atoms with E-state index in [4.69, 9.17) is 4.74 Å². The number of sulfonamides is 1. The lowest BCUT2D eigenvalue weighted by molar-refractivity contribution is -0.144. The predicted molar refractivity (Wildman–Crippen MR) is 137 cm³/mol. The standard InChI is InChI=1S/C27H33N3O4S/c1-18-5-3-4-6-24(18)26-15-21-9-12-23(16-25(21)28-26)35(32,33)29-22-10-7-20(8-11-22)27(31)30-13-14-34-17-19(30)2/h3-6,9,12,15-16,19-20,22,28-29H,7-8,10-11,13-14,17H2,1-2H3/t19-,20?,22?/m0/s1. The van der Waals surface area contributed by atoms with Crippen LogP contribution < -0.4 is 4.72 Å². The first-order chi connectivity index (χ1) is 16.8. The molecule has 1 aliphatic heterocycles. The topological polar surface area (TPSA) is 91.5 Å². The van der Waals surface area contributed by atoms with Crippen molar-refractivity contribution in [1.82, 2.24) is 14.6 Å². The van der Waals surface area contributed by atoms with Gasteiger partial charge < -0.3 is 14.6 Å². The molecule has 2 aliphatic rings. The van der Waals surface area contributed by atoms with Gasteiger partial charge in [-0.2, -0.15) is 0 Å². The summed E-state index contributed by atoms with van der Waals surface area (Å²) in [4.78, 5) is 18.5. The van der Waals surface area contributed by atoms with Crippen LogP contribution in [0.3, 0.4) is 0 Å². The first-order valence-electron chi connectivity index (χ1n) is 12.4. The molecule has 3 aromatic rings. The van der Waals surface area contributed by atoms with E-state index in [9.17, 15) is 13.2 Å². The van der Waals surface area contributed by atoms with Crippen LogP contribution in [-0.4, -0.2) is 56.1 Å². The molecule has 0 spiro atoms. The number of morpholine rings is 1. The summed E-state index contributed by atoms with van der Waals surface area (Å²) >= 11 is 0. The van der Waals surface area contributed by atoms with Gasteiger partial charge in [0.05, 0.1) is 24.2 Å². The third-order valence-electron chi connectivity index (χ3n) is 7.39. The molecule has 2 aromatic carbocycles. The number of carbonyl (C=O) groups excluding carboxylic acids is 1. The van der Waals surface area contributed by atoms with Gasteiger partial charge in [-0.15, -0.1) is 0 Å². The number of carbonyl (C=O) groups is 1. The van der Waals surface area contributed by atoms with E-state index in [1.807, 2.05) is 30.0 Å². The molecule has 1 aliphatic carbocycles. The minimum Gasteiger partial charge on any atom is -0.377 e.